The average molecular weight is 376 g/mol. The summed E-state index contributed by atoms with van der Waals surface area (Å²) in [4.78, 5) is 35.6. The Morgan fingerprint density at radius 2 is 2.15 bits per heavy atom. The van der Waals surface area contributed by atoms with Crippen LogP contribution in [0.4, 0.5) is 0 Å². The van der Waals surface area contributed by atoms with Gasteiger partial charge in [0.2, 0.25) is 5.91 Å². The molecule has 1 N–H and O–H groups in total. The van der Waals surface area contributed by atoms with Crippen molar-refractivity contribution in [1.82, 2.24) is 19.2 Å². The molecule has 2 saturated heterocycles. The lowest BCUT2D eigenvalue weighted by Crippen LogP contribution is -2.50. The van der Waals surface area contributed by atoms with Gasteiger partial charge in [0.25, 0.3) is 5.56 Å². The largest absolute Gasteiger partial charge is 0.395 e. The molecule has 1 atom stereocenters. The summed E-state index contributed by atoms with van der Waals surface area (Å²) >= 11 is 1.51. The molecule has 2 fully saturated rings. The highest BCUT2D eigenvalue weighted by molar-refractivity contribution is 7.16. The van der Waals surface area contributed by atoms with Crippen LogP contribution in [-0.4, -0.2) is 63.0 Å². The molecule has 7 nitrogen and oxygen atoms in total. The summed E-state index contributed by atoms with van der Waals surface area (Å²) in [6.45, 7) is 5.29. The Hall–Kier alpha value is -1.77. The zero-order valence-corrected chi connectivity index (χ0v) is 15.8. The molecule has 2 aromatic rings. The van der Waals surface area contributed by atoms with Crippen LogP contribution in [0.3, 0.4) is 0 Å². The fourth-order valence-electron chi connectivity index (χ4n) is 4.33. The zero-order valence-electron chi connectivity index (χ0n) is 15.0. The second-order valence-electron chi connectivity index (χ2n) is 7.44. The average Bonchev–Trinajstić information content (AvgIpc) is 3.16. The van der Waals surface area contributed by atoms with E-state index in [-0.39, 0.29) is 23.5 Å². The maximum Gasteiger partial charge on any atom is 0.258 e. The fourth-order valence-corrected chi connectivity index (χ4v) is 5.18. The van der Waals surface area contributed by atoms with Gasteiger partial charge in [-0.15, -0.1) is 11.3 Å². The number of fused-ring (bicyclic) bond motifs is 1. The number of carbonyl (C=O) groups excluding carboxylic acids is 1. The monoisotopic (exact) mass is 376 g/mol. The van der Waals surface area contributed by atoms with Crippen molar-refractivity contribution in [3.63, 3.8) is 0 Å². The van der Waals surface area contributed by atoms with Gasteiger partial charge in [0.05, 0.1) is 17.7 Å². The maximum absolute atomic E-state index is 12.9. The lowest BCUT2D eigenvalue weighted by atomic mass is 9.78. The van der Waals surface area contributed by atoms with E-state index < -0.39 is 0 Å². The second-order valence-corrected chi connectivity index (χ2v) is 8.65. The molecule has 0 aromatic carbocycles. The van der Waals surface area contributed by atoms with Gasteiger partial charge in [-0.2, -0.15) is 0 Å². The molecule has 0 bridgehead atoms. The van der Waals surface area contributed by atoms with Gasteiger partial charge in [-0.3, -0.25) is 18.9 Å². The Bertz CT molecular complexity index is 890. The Morgan fingerprint density at radius 1 is 1.31 bits per heavy atom. The van der Waals surface area contributed by atoms with E-state index in [1.165, 1.54) is 11.3 Å². The summed E-state index contributed by atoms with van der Waals surface area (Å²) in [7, 11) is 0. The van der Waals surface area contributed by atoms with E-state index in [2.05, 4.69) is 9.88 Å². The number of nitrogens with zero attached hydrogens (tertiary/aromatic N) is 4. The third-order valence-corrected chi connectivity index (χ3v) is 6.45. The van der Waals surface area contributed by atoms with Crippen molar-refractivity contribution in [2.24, 2.45) is 5.41 Å². The minimum Gasteiger partial charge on any atom is -0.395 e. The van der Waals surface area contributed by atoms with Gasteiger partial charge in [0, 0.05) is 43.3 Å². The molecular formula is C18H24N4O3S. The highest BCUT2D eigenvalue weighted by Crippen LogP contribution is 2.40. The number of carbonyl (C=O) groups is 1. The lowest BCUT2D eigenvalue weighted by molar-refractivity contribution is -0.146. The maximum atomic E-state index is 12.9. The van der Waals surface area contributed by atoms with Crippen LogP contribution in [0.1, 0.15) is 29.8 Å². The molecule has 140 valence electrons. The van der Waals surface area contributed by atoms with Crippen molar-refractivity contribution in [3.05, 3.63) is 33.2 Å². The number of hydrogen-bond acceptors (Lipinski definition) is 6. The Balaban J connectivity index is 1.51. The number of thiazole rings is 1. The van der Waals surface area contributed by atoms with E-state index in [1.54, 1.807) is 15.4 Å². The van der Waals surface area contributed by atoms with Gasteiger partial charge in [-0.05, 0) is 32.7 Å². The van der Waals surface area contributed by atoms with E-state index in [0.29, 0.717) is 19.6 Å². The highest BCUT2D eigenvalue weighted by Gasteiger charge is 2.48. The second kappa shape index (κ2) is 6.75. The van der Waals surface area contributed by atoms with Crippen molar-refractivity contribution in [2.45, 2.75) is 32.7 Å². The number of aliphatic hydroxyl groups is 1. The highest BCUT2D eigenvalue weighted by atomic mass is 32.1. The number of aromatic nitrogens is 2. The summed E-state index contributed by atoms with van der Waals surface area (Å²) in [5.74, 6) is 0.178. The molecule has 0 aliphatic carbocycles. The Labute approximate surface area is 155 Å². The van der Waals surface area contributed by atoms with Crippen LogP contribution < -0.4 is 5.56 Å². The predicted molar refractivity (Wildman–Crippen MR) is 99.3 cm³/mol. The van der Waals surface area contributed by atoms with E-state index >= 15 is 0 Å². The van der Waals surface area contributed by atoms with Gasteiger partial charge in [0.15, 0.2) is 4.96 Å². The number of rotatable bonds is 4. The van der Waals surface area contributed by atoms with Crippen molar-refractivity contribution in [2.75, 3.05) is 32.8 Å². The molecule has 26 heavy (non-hydrogen) atoms. The number of amides is 1. The first kappa shape index (κ1) is 17.6. The molecule has 2 aliphatic rings. The van der Waals surface area contributed by atoms with Crippen LogP contribution in [-0.2, 0) is 11.3 Å². The summed E-state index contributed by atoms with van der Waals surface area (Å²) in [5, 5.41) is 9.19. The van der Waals surface area contributed by atoms with E-state index in [0.717, 1.165) is 47.9 Å². The zero-order chi connectivity index (χ0) is 18.3. The molecule has 4 rings (SSSR count). The van der Waals surface area contributed by atoms with Crippen molar-refractivity contribution in [1.29, 1.82) is 0 Å². The number of β-amino-alcohol motifs (C(OH)–C–C–N with tert-alkyl or cyclic N) is 1. The fraction of sp³-hybridized carbons (Fsp3) is 0.611. The molecule has 1 amide bonds. The normalized spacial score (nSPS) is 24.2. The molecular weight excluding hydrogens is 352 g/mol. The van der Waals surface area contributed by atoms with Crippen molar-refractivity contribution in [3.8, 4) is 0 Å². The van der Waals surface area contributed by atoms with Crippen LogP contribution in [0.25, 0.3) is 4.96 Å². The third-order valence-electron chi connectivity index (χ3n) is 5.55. The molecule has 0 radical (unpaired) electrons. The first-order valence-corrected chi connectivity index (χ1v) is 9.94. The summed E-state index contributed by atoms with van der Waals surface area (Å²) < 4.78 is 1.59. The first-order chi connectivity index (χ1) is 12.5. The molecule has 4 heterocycles. The van der Waals surface area contributed by atoms with Crippen molar-refractivity contribution < 1.29 is 9.90 Å². The molecule has 0 saturated carbocycles. The molecule has 2 aliphatic heterocycles. The number of likely N-dealkylation sites (tertiary alicyclic amines) is 2. The smallest absolute Gasteiger partial charge is 0.258 e. The van der Waals surface area contributed by atoms with Gasteiger partial charge >= 0.3 is 0 Å². The summed E-state index contributed by atoms with van der Waals surface area (Å²) in [6, 6.07) is 1.60. The Kier molecular flexibility index (Phi) is 4.58. The van der Waals surface area contributed by atoms with Gasteiger partial charge in [0.1, 0.15) is 0 Å². The lowest BCUT2D eigenvalue weighted by Gasteiger charge is -2.39. The van der Waals surface area contributed by atoms with E-state index in [9.17, 15) is 14.7 Å². The van der Waals surface area contributed by atoms with Crippen LogP contribution in [0, 0.1) is 12.3 Å². The van der Waals surface area contributed by atoms with Gasteiger partial charge in [-0.25, -0.2) is 4.98 Å². The summed E-state index contributed by atoms with van der Waals surface area (Å²) in [5.41, 5.74) is 0.391. The third kappa shape index (κ3) is 3.06. The predicted octanol–water partition coefficient (Wildman–Crippen LogP) is 0.871. The standard InChI is InChI=1S/C18H24N4O3S/c1-13-10-22-15(24)9-14(19-17(22)26-13)11-20-6-4-18(12-20)3-2-5-21(7-8-23)16(18)25/h9-10,23H,2-8,11-12H2,1H3. The SMILES string of the molecule is Cc1cn2c(=O)cc(CN3CCC4(CCCN(CCO)C4=O)C3)nc2s1. The molecule has 1 unspecified atom stereocenters. The van der Waals surface area contributed by atoms with E-state index in [4.69, 9.17) is 0 Å². The minimum absolute atomic E-state index is 0.0135. The number of aryl methyl sites for hydroxylation is 1. The van der Waals surface area contributed by atoms with Crippen LogP contribution in [0.5, 0.6) is 0 Å². The number of aliphatic hydroxyl groups excluding tert-OH is 1. The van der Waals surface area contributed by atoms with Crippen LogP contribution in [0.15, 0.2) is 17.1 Å². The minimum atomic E-state index is -0.327. The topological polar surface area (TPSA) is 78.1 Å². The van der Waals surface area contributed by atoms with Crippen LogP contribution >= 0.6 is 11.3 Å². The van der Waals surface area contributed by atoms with Gasteiger partial charge < -0.3 is 10.0 Å². The van der Waals surface area contributed by atoms with Crippen molar-refractivity contribution >= 4 is 22.2 Å². The Morgan fingerprint density at radius 3 is 2.96 bits per heavy atom. The molecule has 8 heteroatoms. The van der Waals surface area contributed by atoms with Gasteiger partial charge in [-0.1, -0.05) is 0 Å². The summed E-state index contributed by atoms with van der Waals surface area (Å²) in [6.07, 6.45) is 4.55. The molecule has 1 spiro atoms. The number of hydrogen-bond donors (Lipinski definition) is 1. The molecule has 2 aromatic heterocycles. The quantitative estimate of drug-likeness (QED) is 0.857. The van der Waals surface area contributed by atoms with E-state index in [1.807, 2.05) is 13.1 Å². The van der Waals surface area contributed by atoms with Crippen LogP contribution in [0.2, 0.25) is 0 Å². The first-order valence-electron chi connectivity index (χ1n) is 9.12. The number of piperidine rings is 1.